The van der Waals surface area contributed by atoms with Crippen molar-refractivity contribution in [3.05, 3.63) is 66.1 Å². The van der Waals surface area contributed by atoms with Crippen LogP contribution in [0.3, 0.4) is 0 Å². The Morgan fingerprint density at radius 1 is 0.968 bits per heavy atom. The average molecular weight is 442 g/mol. The number of aromatic nitrogens is 2. The molecule has 0 aliphatic carbocycles. The minimum atomic E-state index is -3.65. The summed E-state index contributed by atoms with van der Waals surface area (Å²) in [4.78, 5) is 12.6. The van der Waals surface area contributed by atoms with E-state index in [9.17, 15) is 13.2 Å². The fourth-order valence-corrected chi connectivity index (χ4v) is 5.00. The Hall–Kier alpha value is -3.04. The minimum absolute atomic E-state index is 0.0907. The Morgan fingerprint density at radius 3 is 2.45 bits per heavy atom. The highest BCUT2D eigenvalue weighted by atomic mass is 32.2. The van der Waals surface area contributed by atoms with E-state index in [1.54, 1.807) is 6.07 Å². The number of hydrogen-bond donors (Lipinski definition) is 0. The lowest BCUT2D eigenvalue weighted by Crippen LogP contribution is -2.32. The maximum Gasteiger partial charge on any atom is 0.338 e. The van der Waals surface area contributed by atoms with Crippen LogP contribution in [-0.4, -0.2) is 42.0 Å². The summed E-state index contributed by atoms with van der Waals surface area (Å²) >= 11 is 0. The lowest BCUT2D eigenvalue weighted by atomic mass is 10.2. The summed E-state index contributed by atoms with van der Waals surface area (Å²) in [6, 6.07) is 15.2. The summed E-state index contributed by atoms with van der Waals surface area (Å²) in [5, 5.41) is 7.84. The molecule has 0 radical (unpaired) electrons. The van der Waals surface area contributed by atoms with E-state index in [1.165, 1.54) is 22.5 Å². The molecule has 8 nitrogen and oxygen atoms in total. The van der Waals surface area contributed by atoms with Gasteiger partial charge in [-0.15, -0.1) is 10.2 Å². The highest BCUT2D eigenvalue weighted by molar-refractivity contribution is 7.89. The van der Waals surface area contributed by atoms with E-state index in [4.69, 9.17) is 9.15 Å². The van der Waals surface area contributed by atoms with Gasteiger partial charge in [-0.25, -0.2) is 13.2 Å². The standard InChI is InChI=1S/C22H23N3O5S/c26-22(29-16-20-23-24-21(30-20)17-9-4-3-5-10-17)18-11-8-12-19(15-18)31(27,28)25-13-6-1-2-7-14-25/h3-5,8-12,15H,1-2,6-7,13-14,16H2. The molecule has 1 aromatic heterocycles. The van der Waals surface area contributed by atoms with E-state index in [0.29, 0.717) is 19.0 Å². The fraction of sp³-hybridized carbons (Fsp3) is 0.318. The lowest BCUT2D eigenvalue weighted by Gasteiger charge is -2.20. The molecule has 2 heterocycles. The van der Waals surface area contributed by atoms with Gasteiger partial charge in [0.15, 0.2) is 6.61 Å². The Kier molecular flexibility index (Phi) is 6.43. The van der Waals surface area contributed by atoms with Crippen molar-refractivity contribution in [2.75, 3.05) is 13.1 Å². The molecule has 0 unspecified atom stereocenters. The summed E-state index contributed by atoms with van der Waals surface area (Å²) in [7, 11) is -3.65. The van der Waals surface area contributed by atoms with Gasteiger partial charge in [0.2, 0.25) is 15.9 Å². The molecular weight excluding hydrogens is 418 g/mol. The Bertz CT molecular complexity index is 1140. The van der Waals surface area contributed by atoms with Gasteiger partial charge >= 0.3 is 5.97 Å². The van der Waals surface area contributed by atoms with E-state index in [-0.39, 0.29) is 23.0 Å². The Labute approximate surface area is 180 Å². The molecule has 31 heavy (non-hydrogen) atoms. The third-order valence-corrected chi connectivity index (χ3v) is 6.98. The monoisotopic (exact) mass is 441 g/mol. The third kappa shape index (κ3) is 5.00. The van der Waals surface area contributed by atoms with Gasteiger partial charge in [0, 0.05) is 18.7 Å². The molecule has 1 fully saturated rings. The predicted octanol–water partition coefficient (Wildman–Crippen LogP) is 3.66. The van der Waals surface area contributed by atoms with Crippen LogP contribution in [0.2, 0.25) is 0 Å². The van der Waals surface area contributed by atoms with Crippen LogP contribution < -0.4 is 0 Å². The molecule has 0 spiro atoms. The molecular formula is C22H23N3O5S. The number of benzene rings is 2. The molecule has 0 atom stereocenters. The first-order valence-corrected chi connectivity index (χ1v) is 11.6. The second-order valence-electron chi connectivity index (χ2n) is 7.29. The third-order valence-electron chi connectivity index (χ3n) is 5.09. The minimum Gasteiger partial charge on any atom is -0.452 e. The molecule has 1 aliphatic heterocycles. The highest BCUT2D eigenvalue weighted by Crippen LogP contribution is 2.22. The van der Waals surface area contributed by atoms with Crippen LogP contribution in [0.25, 0.3) is 11.5 Å². The van der Waals surface area contributed by atoms with E-state index < -0.39 is 16.0 Å². The molecule has 0 bridgehead atoms. The zero-order valence-corrected chi connectivity index (χ0v) is 17.8. The number of carbonyl (C=O) groups excluding carboxylic acids is 1. The second-order valence-corrected chi connectivity index (χ2v) is 9.23. The van der Waals surface area contributed by atoms with Gasteiger partial charge in [0.25, 0.3) is 5.89 Å². The Morgan fingerprint density at radius 2 is 1.71 bits per heavy atom. The number of carbonyl (C=O) groups is 1. The molecule has 4 rings (SSSR count). The number of esters is 1. The first kappa shape index (κ1) is 21.2. The zero-order chi connectivity index (χ0) is 21.7. The SMILES string of the molecule is O=C(OCc1nnc(-c2ccccc2)o1)c1cccc(S(=O)(=O)N2CCCCCC2)c1. The molecule has 1 saturated heterocycles. The summed E-state index contributed by atoms with van der Waals surface area (Å²) in [6.45, 7) is 0.789. The van der Waals surface area contributed by atoms with Crippen LogP contribution in [0.5, 0.6) is 0 Å². The normalized spacial score (nSPS) is 15.4. The van der Waals surface area contributed by atoms with Crippen molar-refractivity contribution in [3.8, 4) is 11.5 Å². The van der Waals surface area contributed by atoms with Crippen molar-refractivity contribution < 1.29 is 22.4 Å². The first-order chi connectivity index (χ1) is 15.0. The van der Waals surface area contributed by atoms with Crippen molar-refractivity contribution in [1.29, 1.82) is 0 Å². The topological polar surface area (TPSA) is 103 Å². The van der Waals surface area contributed by atoms with E-state index in [2.05, 4.69) is 10.2 Å². The van der Waals surface area contributed by atoms with Gasteiger partial charge in [-0.2, -0.15) is 4.31 Å². The second kappa shape index (κ2) is 9.40. The number of hydrogen-bond acceptors (Lipinski definition) is 7. The van der Waals surface area contributed by atoms with Crippen LogP contribution >= 0.6 is 0 Å². The van der Waals surface area contributed by atoms with Gasteiger partial charge in [-0.1, -0.05) is 37.1 Å². The number of ether oxygens (including phenoxy) is 1. The predicted molar refractivity (Wildman–Crippen MR) is 113 cm³/mol. The maximum atomic E-state index is 13.0. The van der Waals surface area contributed by atoms with Crippen molar-refractivity contribution in [2.45, 2.75) is 37.2 Å². The summed E-state index contributed by atoms with van der Waals surface area (Å²) in [5.41, 5.74) is 0.915. The zero-order valence-electron chi connectivity index (χ0n) is 16.9. The van der Waals surface area contributed by atoms with Crippen molar-refractivity contribution >= 4 is 16.0 Å². The number of nitrogens with zero attached hydrogens (tertiary/aromatic N) is 3. The molecule has 3 aromatic rings. The lowest BCUT2D eigenvalue weighted by molar-refractivity contribution is 0.0438. The molecule has 0 saturated carbocycles. The summed E-state index contributed by atoms with van der Waals surface area (Å²) < 4.78 is 38.2. The van der Waals surface area contributed by atoms with Crippen LogP contribution in [0, 0.1) is 0 Å². The maximum absolute atomic E-state index is 13.0. The highest BCUT2D eigenvalue weighted by Gasteiger charge is 2.26. The molecule has 2 aromatic carbocycles. The molecule has 9 heteroatoms. The molecule has 0 N–H and O–H groups in total. The smallest absolute Gasteiger partial charge is 0.338 e. The van der Waals surface area contributed by atoms with E-state index in [1.807, 2.05) is 30.3 Å². The van der Waals surface area contributed by atoms with Crippen molar-refractivity contribution in [3.63, 3.8) is 0 Å². The summed E-state index contributed by atoms with van der Waals surface area (Å²) in [5.74, 6) is -0.176. The van der Waals surface area contributed by atoms with E-state index >= 15 is 0 Å². The first-order valence-electron chi connectivity index (χ1n) is 10.2. The van der Waals surface area contributed by atoms with Crippen LogP contribution in [-0.2, 0) is 21.4 Å². The van der Waals surface area contributed by atoms with Gasteiger partial charge in [-0.3, -0.25) is 0 Å². The molecule has 0 amide bonds. The average Bonchev–Trinajstić information content (AvgIpc) is 3.10. The van der Waals surface area contributed by atoms with Gasteiger partial charge in [0.1, 0.15) is 0 Å². The quantitative estimate of drug-likeness (QED) is 0.538. The van der Waals surface area contributed by atoms with Gasteiger partial charge in [-0.05, 0) is 43.2 Å². The van der Waals surface area contributed by atoms with Crippen LogP contribution in [0.1, 0.15) is 41.9 Å². The fourth-order valence-electron chi connectivity index (χ4n) is 3.43. The van der Waals surface area contributed by atoms with Crippen molar-refractivity contribution in [2.24, 2.45) is 0 Å². The van der Waals surface area contributed by atoms with Crippen LogP contribution in [0.4, 0.5) is 0 Å². The molecule has 1 aliphatic rings. The van der Waals surface area contributed by atoms with Gasteiger partial charge < -0.3 is 9.15 Å². The summed E-state index contributed by atoms with van der Waals surface area (Å²) in [6.07, 6.45) is 3.74. The van der Waals surface area contributed by atoms with Crippen molar-refractivity contribution in [1.82, 2.24) is 14.5 Å². The largest absolute Gasteiger partial charge is 0.452 e. The number of rotatable bonds is 6. The molecule has 162 valence electrons. The van der Waals surface area contributed by atoms with E-state index in [0.717, 1.165) is 31.2 Å². The Balaban J connectivity index is 1.43. The number of sulfonamides is 1. The van der Waals surface area contributed by atoms with Crippen LogP contribution in [0.15, 0.2) is 63.9 Å². The van der Waals surface area contributed by atoms with Gasteiger partial charge in [0.05, 0.1) is 10.5 Å².